The van der Waals surface area contributed by atoms with Gasteiger partial charge in [0.15, 0.2) is 0 Å². The first-order chi connectivity index (χ1) is 11.9. The van der Waals surface area contributed by atoms with E-state index < -0.39 is 0 Å². The maximum atomic E-state index is 12.6. The van der Waals surface area contributed by atoms with Crippen molar-refractivity contribution in [3.05, 3.63) is 29.8 Å². The van der Waals surface area contributed by atoms with Gasteiger partial charge in [0.2, 0.25) is 0 Å². The molecule has 0 atom stereocenters. The number of rotatable bonds is 4. The van der Waals surface area contributed by atoms with Crippen molar-refractivity contribution < 1.29 is 9.53 Å². The van der Waals surface area contributed by atoms with E-state index in [1.807, 2.05) is 12.1 Å². The van der Waals surface area contributed by atoms with Crippen molar-refractivity contribution in [3.63, 3.8) is 0 Å². The molecule has 25 heavy (non-hydrogen) atoms. The summed E-state index contributed by atoms with van der Waals surface area (Å²) in [4.78, 5) is 15.1. The Morgan fingerprint density at radius 2 is 2.04 bits per heavy atom. The van der Waals surface area contributed by atoms with Crippen LogP contribution < -0.4 is 11.1 Å². The van der Waals surface area contributed by atoms with Gasteiger partial charge in [0.25, 0.3) is 5.91 Å². The zero-order valence-electron chi connectivity index (χ0n) is 15.5. The third-order valence-electron chi connectivity index (χ3n) is 5.61. The van der Waals surface area contributed by atoms with Crippen LogP contribution in [-0.4, -0.2) is 48.2 Å². The largest absolute Gasteiger partial charge is 0.399 e. The molecular formula is C20H31N3O2. The number of hydrogen-bond donors (Lipinski definition) is 2. The van der Waals surface area contributed by atoms with Crippen LogP contribution in [0.15, 0.2) is 24.3 Å². The summed E-state index contributed by atoms with van der Waals surface area (Å²) in [6, 6.07) is 7.18. The van der Waals surface area contributed by atoms with Crippen LogP contribution in [0.25, 0.3) is 0 Å². The van der Waals surface area contributed by atoms with E-state index in [-0.39, 0.29) is 17.0 Å². The molecule has 1 aromatic rings. The molecule has 2 aliphatic rings. The van der Waals surface area contributed by atoms with Gasteiger partial charge in [-0.3, -0.25) is 9.69 Å². The molecule has 5 nitrogen and oxygen atoms in total. The zero-order valence-corrected chi connectivity index (χ0v) is 15.5. The minimum atomic E-state index is -0.124. The van der Waals surface area contributed by atoms with E-state index in [0.717, 1.165) is 32.5 Å². The Kier molecular flexibility index (Phi) is 5.35. The van der Waals surface area contributed by atoms with Crippen LogP contribution in [0, 0.1) is 0 Å². The summed E-state index contributed by atoms with van der Waals surface area (Å²) in [5, 5.41) is 3.18. The van der Waals surface area contributed by atoms with Gasteiger partial charge in [0, 0.05) is 36.4 Å². The summed E-state index contributed by atoms with van der Waals surface area (Å²) in [6.07, 6.45) is 6.02. The Hall–Kier alpha value is -1.59. The van der Waals surface area contributed by atoms with Gasteiger partial charge in [-0.25, -0.2) is 0 Å². The van der Waals surface area contributed by atoms with Crippen molar-refractivity contribution in [2.45, 2.75) is 57.1 Å². The number of anilines is 1. The number of nitrogens with one attached hydrogen (secondary N) is 1. The number of carbonyl (C=O) groups is 1. The van der Waals surface area contributed by atoms with Gasteiger partial charge in [-0.1, -0.05) is 25.3 Å². The molecule has 0 radical (unpaired) electrons. The Morgan fingerprint density at radius 3 is 2.72 bits per heavy atom. The molecule has 0 aromatic heterocycles. The third kappa shape index (κ3) is 4.33. The molecule has 1 aliphatic carbocycles. The highest BCUT2D eigenvalue weighted by Gasteiger charge is 2.42. The fraction of sp³-hybridized carbons (Fsp3) is 0.650. The topological polar surface area (TPSA) is 67.6 Å². The summed E-state index contributed by atoms with van der Waals surface area (Å²) < 4.78 is 5.90. The normalized spacial score (nSPS) is 23.1. The van der Waals surface area contributed by atoms with Gasteiger partial charge in [-0.2, -0.15) is 0 Å². The first kappa shape index (κ1) is 18.2. The van der Waals surface area contributed by atoms with Crippen molar-refractivity contribution in [1.29, 1.82) is 0 Å². The smallest absolute Gasteiger partial charge is 0.251 e. The van der Waals surface area contributed by atoms with Crippen LogP contribution in [0.1, 0.15) is 56.3 Å². The van der Waals surface area contributed by atoms with Crippen molar-refractivity contribution in [1.82, 2.24) is 10.2 Å². The van der Waals surface area contributed by atoms with E-state index in [1.54, 1.807) is 12.1 Å². The van der Waals surface area contributed by atoms with Crippen LogP contribution in [0.2, 0.25) is 0 Å². The highest BCUT2D eigenvalue weighted by molar-refractivity contribution is 5.95. The lowest BCUT2D eigenvalue weighted by molar-refractivity contribution is -0.122. The Balaban J connectivity index is 1.71. The predicted molar refractivity (Wildman–Crippen MR) is 101 cm³/mol. The van der Waals surface area contributed by atoms with E-state index in [0.29, 0.717) is 17.8 Å². The van der Waals surface area contributed by atoms with E-state index in [2.05, 4.69) is 24.1 Å². The van der Waals surface area contributed by atoms with Crippen LogP contribution in [0.4, 0.5) is 5.69 Å². The molecule has 1 amide bonds. The molecule has 2 fully saturated rings. The summed E-state index contributed by atoms with van der Waals surface area (Å²) in [6.45, 7) is 7.62. The number of nitrogens with zero attached hydrogens (tertiary/aromatic N) is 1. The Bertz CT molecular complexity index is 609. The molecule has 3 N–H and O–H groups in total. The quantitative estimate of drug-likeness (QED) is 0.824. The number of morpholine rings is 1. The van der Waals surface area contributed by atoms with E-state index in [9.17, 15) is 4.79 Å². The van der Waals surface area contributed by atoms with Gasteiger partial charge in [-0.05, 0) is 44.9 Å². The second kappa shape index (κ2) is 7.34. The molecule has 0 bridgehead atoms. The number of hydrogen-bond acceptors (Lipinski definition) is 4. The zero-order chi connectivity index (χ0) is 17.9. The summed E-state index contributed by atoms with van der Waals surface area (Å²) >= 11 is 0. The predicted octanol–water partition coefficient (Wildman–Crippen LogP) is 2.81. The van der Waals surface area contributed by atoms with Gasteiger partial charge < -0.3 is 15.8 Å². The van der Waals surface area contributed by atoms with Gasteiger partial charge >= 0.3 is 0 Å². The number of ether oxygens (including phenoxy) is 1. The van der Waals surface area contributed by atoms with Crippen LogP contribution in [0.3, 0.4) is 0 Å². The number of nitrogen functional groups attached to an aromatic ring is 1. The average Bonchev–Trinajstić information content (AvgIpc) is 2.59. The van der Waals surface area contributed by atoms with Gasteiger partial charge in [0.05, 0.1) is 12.2 Å². The number of benzene rings is 1. The molecule has 0 unspecified atom stereocenters. The third-order valence-corrected chi connectivity index (χ3v) is 5.61. The van der Waals surface area contributed by atoms with Crippen LogP contribution >= 0.6 is 0 Å². The molecule has 1 heterocycles. The van der Waals surface area contributed by atoms with Crippen molar-refractivity contribution in [3.8, 4) is 0 Å². The molecule has 3 rings (SSSR count). The lowest BCUT2D eigenvalue weighted by atomic mass is 9.79. The van der Waals surface area contributed by atoms with E-state index in [1.165, 1.54) is 19.3 Å². The highest BCUT2D eigenvalue weighted by atomic mass is 16.5. The summed E-state index contributed by atoms with van der Waals surface area (Å²) in [7, 11) is 0. The minimum Gasteiger partial charge on any atom is -0.399 e. The maximum Gasteiger partial charge on any atom is 0.251 e. The Morgan fingerprint density at radius 1 is 1.28 bits per heavy atom. The minimum absolute atomic E-state index is 0.0373. The number of amides is 1. The van der Waals surface area contributed by atoms with Gasteiger partial charge in [0.1, 0.15) is 0 Å². The monoisotopic (exact) mass is 345 g/mol. The average molecular weight is 345 g/mol. The van der Waals surface area contributed by atoms with Crippen LogP contribution in [-0.2, 0) is 4.74 Å². The first-order valence-corrected chi connectivity index (χ1v) is 9.43. The van der Waals surface area contributed by atoms with Crippen molar-refractivity contribution >= 4 is 11.6 Å². The molecule has 0 spiro atoms. The lowest BCUT2D eigenvalue weighted by Gasteiger charge is -2.51. The second-order valence-electron chi connectivity index (χ2n) is 8.12. The number of nitrogens with two attached hydrogens (primary N) is 1. The first-order valence-electron chi connectivity index (χ1n) is 9.43. The standard InChI is InChI=1S/C20H31N3O2/c1-19(2)15-23(11-12-25-19)20(9-4-3-5-10-20)14-22-18(24)16-7-6-8-17(21)13-16/h6-8,13H,3-5,9-12,14-15,21H2,1-2H3,(H,22,24). The molecule has 1 saturated heterocycles. The second-order valence-corrected chi connectivity index (χ2v) is 8.12. The Labute approximate surface area is 150 Å². The fourth-order valence-electron chi connectivity index (χ4n) is 4.26. The summed E-state index contributed by atoms with van der Waals surface area (Å²) in [5.74, 6) is -0.0373. The molecule has 5 heteroatoms. The molecule has 1 aliphatic heterocycles. The summed E-state index contributed by atoms with van der Waals surface area (Å²) in [5.41, 5.74) is 6.99. The van der Waals surface area contributed by atoms with E-state index in [4.69, 9.17) is 10.5 Å². The van der Waals surface area contributed by atoms with E-state index >= 15 is 0 Å². The SMILES string of the molecule is CC1(C)CN(C2(CNC(=O)c3cccc(N)c3)CCCCC2)CCO1. The lowest BCUT2D eigenvalue weighted by Crippen LogP contribution is -2.63. The molecule has 138 valence electrons. The molecule has 1 saturated carbocycles. The molecular weight excluding hydrogens is 314 g/mol. The maximum absolute atomic E-state index is 12.6. The van der Waals surface area contributed by atoms with Crippen molar-refractivity contribution in [2.24, 2.45) is 0 Å². The molecule has 1 aromatic carbocycles. The van der Waals surface area contributed by atoms with Gasteiger partial charge in [-0.15, -0.1) is 0 Å². The van der Waals surface area contributed by atoms with Crippen molar-refractivity contribution in [2.75, 3.05) is 32.0 Å². The number of carbonyl (C=O) groups excluding carboxylic acids is 1. The fourth-order valence-corrected chi connectivity index (χ4v) is 4.26. The highest BCUT2D eigenvalue weighted by Crippen LogP contribution is 2.36. The van der Waals surface area contributed by atoms with Crippen LogP contribution in [0.5, 0.6) is 0 Å².